The summed E-state index contributed by atoms with van der Waals surface area (Å²) in [7, 11) is 0. The molecule has 0 aromatic carbocycles. The van der Waals surface area contributed by atoms with Crippen LogP contribution in [0, 0.1) is 0 Å². The Bertz CT molecular complexity index is 117. The smallest absolute Gasteiger partial charge is 0.0617 e. The van der Waals surface area contributed by atoms with Crippen LogP contribution in [0.1, 0.15) is 65.2 Å². The predicted molar refractivity (Wildman–Crippen MR) is 67.1 cm³/mol. The summed E-state index contributed by atoms with van der Waals surface area (Å²) < 4.78 is 5.42. The van der Waals surface area contributed by atoms with E-state index in [1.807, 2.05) is 0 Å². The molecule has 0 aliphatic carbocycles. The predicted octanol–water partition coefficient (Wildman–Crippen LogP) is 3.49. The zero-order chi connectivity index (χ0) is 11.4. The van der Waals surface area contributed by atoms with Crippen LogP contribution >= 0.6 is 0 Å². The van der Waals surface area contributed by atoms with Gasteiger partial charge in [-0.3, -0.25) is 0 Å². The van der Waals surface area contributed by atoms with Gasteiger partial charge in [0.25, 0.3) is 0 Å². The molecule has 0 aromatic rings. The lowest BCUT2D eigenvalue weighted by Crippen LogP contribution is -2.26. The summed E-state index contributed by atoms with van der Waals surface area (Å²) in [6.07, 6.45) is 10.3. The number of ether oxygens (including phenoxy) is 1. The van der Waals surface area contributed by atoms with Crippen LogP contribution in [0.15, 0.2) is 0 Å². The van der Waals surface area contributed by atoms with E-state index in [2.05, 4.69) is 13.8 Å². The van der Waals surface area contributed by atoms with Crippen molar-refractivity contribution in [2.45, 2.75) is 71.3 Å². The average molecular weight is 215 g/mol. The van der Waals surface area contributed by atoms with Gasteiger partial charge in [-0.1, -0.05) is 52.4 Å². The molecule has 92 valence electrons. The van der Waals surface area contributed by atoms with Crippen LogP contribution in [0.3, 0.4) is 0 Å². The number of hydrogen-bond donors (Lipinski definition) is 1. The van der Waals surface area contributed by atoms with Crippen molar-refractivity contribution in [2.24, 2.45) is 5.73 Å². The fourth-order valence-electron chi connectivity index (χ4n) is 1.65. The van der Waals surface area contributed by atoms with E-state index in [0.29, 0.717) is 0 Å². The highest BCUT2D eigenvalue weighted by Gasteiger charge is 2.01. The molecule has 2 nitrogen and oxygen atoms in total. The molecular weight excluding hydrogens is 186 g/mol. The molecule has 0 rings (SSSR count). The molecular formula is C13H29NO. The second kappa shape index (κ2) is 12.0. The minimum atomic E-state index is 0.253. The Kier molecular flexibility index (Phi) is 11.9. The van der Waals surface area contributed by atoms with Gasteiger partial charge in [-0.05, 0) is 12.8 Å². The molecule has 0 heterocycles. The van der Waals surface area contributed by atoms with Crippen LogP contribution in [0.2, 0.25) is 0 Å². The minimum Gasteiger partial charge on any atom is -0.380 e. The van der Waals surface area contributed by atoms with Crippen molar-refractivity contribution in [1.29, 1.82) is 0 Å². The van der Waals surface area contributed by atoms with E-state index < -0.39 is 0 Å². The van der Waals surface area contributed by atoms with Gasteiger partial charge < -0.3 is 10.5 Å². The van der Waals surface area contributed by atoms with Gasteiger partial charge in [0.1, 0.15) is 0 Å². The Morgan fingerprint density at radius 3 is 2.27 bits per heavy atom. The van der Waals surface area contributed by atoms with Gasteiger partial charge in [0.05, 0.1) is 6.61 Å². The highest BCUT2D eigenvalue weighted by molar-refractivity contribution is 4.60. The van der Waals surface area contributed by atoms with Crippen LogP contribution in [0.25, 0.3) is 0 Å². The SMILES string of the molecule is CCCCCCCCC(N)COCCC. The van der Waals surface area contributed by atoms with Crippen molar-refractivity contribution in [1.82, 2.24) is 0 Å². The summed E-state index contributed by atoms with van der Waals surface area (Å²) in [5, 5.41) is 0. The van der Waals surface area contributed by atoms with E-state index in [9.17, 15) is 0 Å². The standard InChI is InChI=1S/C13H29NO/c1-3-5-6-7-8-9-10-13(14)12-15-11-4-2/h13H,3-12,14H2,1-2H3. The van der Waals surface area contributed by atoms with E-state index in [-0.39, 0.29) is 6.04 Å². The van der Waals surface area contributed by atoms with Gasteiger partial charge in [-0.2, -0.15) is 0 Å². The Morgan fingerprint density at radius 2 is 1.60 bits per heavy atom. The maximum absolute atomic E-state index is 5.93. The molecule has 15 heavy (non-hydrogen) atoms. The third-order valence-corrected chi connectivity index (χ3v) is 2.61. The van der Waals surface area contributed by atoms with E-state index in [1.165, 1.54) is 38.5 Å². The minimum absolute atomic E-state index is 0.253. The van der Waals surface area contributed by atoms with E-state index in [0.717, 1.165) is 26.1 Å². The van der Waals surface area contributed by atoms with Gasteiger partial charge in [-0.15, -0.1) is 0 Å². The Labute approximate surface area is 95.6 Å². The van der Waals surface area contributed by atoms with Crippen molar-refractivity contribution in [3.8, 4) is 0 Å². The summed E-state index contributed by atoms with van der Waals surface area (Å²) in [6, 6.07) is 0.253. The summed E-state index contributed by atoms with van der Waals surface area (Å²) in [4.78, 5) is 0. The number of hydrogen-bond acceptors (Lipinski definition) is 2. The number of rotatable bonds is 11. The topological polar surface area (TPSA) is 35.2 Å². The third kappa shape index (κ3) is 11.8. The Balaban J connectivity index is 3.06. The number of unbranched alkanes of at least 4 members (excludes halogenated alkanes) is 5. The second-order valence-electron chi connectivity index (χ2n) is 4.39. The molecule has 0 aliphatic rings. The van der Waals surface area contributed by atoms with Crippen LogP contribution < -0.4 is 5.73 Å². The molecule has 1 unspecified atom stereocenters. The highest BCUT2D eigenvalue weighted by atomic mass is 16.5. The highest BCUT2D eigenvalue weighted by Crippen LogP contribution is 2.08. The first kappa shape index (κ1) is 14.9. The summed E-state index contributed by atoms with van der Waals surface area (Å²) >= 11 is 0. The fraction of sp³-hybridized carbons (Fsp3) is 1.00. The molecule has 0 bridgehead atoms. The molecule has 2 heteroatoms. The maximum Gasteiger partial charge on any atom is 0.0617 e. The van der Waals surface area contributed by atoms with E-state index in [4.69, 9.17) is 10.5 Å². The molecule has 0 aliphatic heterocycles. The molecule has 1 atom stereocenters. The zero-order valence-corrected chi connectivity index (χ0v) is 10.6. The largest absolute Gasteiger partial charge is 0.380 e. The van der Waals surface area contributed by atoms with Gasteiger partial charge in [-0.25, -0.2) is 0 Å². The lowest BCUT2D eigenvalue weighted by Gasteiger charge is -2.11. The fourth-order valence-corrected chi connectivity index (χ4v) is 1.65. The molecule has 0 saturated heterocycles. The normalized spacial score (nSPS) is 13.0. The second-order valence-corrected chi connectivity index (χ2v) is 4.39. The average Bonchev–Trinajstić information content (AvgIpc) is 2.23. The van der Waals surface area contributed by atoms with Gasteiger partial charge in [0, 0.05) is 12.6 Å². The Morgan fingerprint density at radius 1 is 0.933 bits per heavy atom. The summed E-state index contributed by atoms with van der Waals surface area (Å²) in [6.45, 7) is 5.97. The summed E-state index contributed by atoms with van der Waals surface area (Å²) in [5.74, 6) is 0. The molecule has 0 saturated carbocycles. The number of nitrogens with two attached hydrogens (primary N) is 1. The van der Waals surface area contributed by atoms with Crippen LogP contribution in [-0.2, 0) is 4.74 Å². The molecule has 0 fully saturated rings. The molecule has 2 N–H and O–H groups in total. The van der Waals surface area contributed by atoms with Crippen molar-refractivity contribution in [3.05, 3.63) is 0 Å². The Hall–Kier alpha value is -0.0800. The van der Waals surface area contributed by atoms with E-state index >= 15 is 0 Å². The molecule has 0 radical (unpaired) electrons. The lowest BCUT2D eigenvalue weighted by atomic mass is 10.1. The first-order valence-corrected chi connectivity index (χ1v) is 6.64. The van der Waals surface area contributed by atoms with Gasteiger partial charge in [0.2, 0.25) is 0 Å². The van der Waals surface area contributed by atoms with Crippen LogP contribution in [-0.4, -0.2) is 19.3 Å². The molecule has 0 aromatic heterocycles. The zero-order valence-electron chi connectivity index (χ0n) is 10.6. The molecule has 0 amide bonds. The van der Waals surface area contributed by atoms with Crippen molar-refractivity contribution >= 4 is 0 Å². The van der Waals surface area contributed by atoms with Crippen molar-refractivity contribution in [3.63, 3.8) is 0 Å². The monoisotopic (exact) mass is 215 g/mol. The quantitative estimate of drug-likeness (QED) is 0.535. The van der Waals surface area contributed by atoms with Crippen LogP contribution in [0.4, 0.5) is 0 Å². The van der Waals surface area contributed by atoms with Crippen molar-refractivity contribution in [2.75, 3.05) is 13.2 Å². The van der Waals surface area contributed by atoms with Crippen LogP contribution in [0.5, 0.6) is 0 Å². The summed E-state index contributed by atoms with van der Waals surface area (Å²) in [5.41, 5.74) is 5.93. The van der Waals surface area contributed by atoms with Gasteiger partial charge >= 0.3 is 0 Å². The molecule has 0 spiro atoms. The van der Waals surface area contributed by atoms with Gasteiger partial charge in [0.15, 0.2) is 0 Å². The lowest BCUT2D eigenvalue weighted by molar-refractivity contribution is 0.118. The van der Waals surface area contributed by atoms with Crippen molar-refractivity contribution < 1.29 is 4.74 Å². The first-order chi connectivity index (χ1) is 7.31. The first-order valence-electron chi connectivity index (χ1n) is 6.64. The third-order valence-electron chi connectivity index (χ3n) is 2.61. The van der Waals surface area contributed by atoms with E-state index in [1.54, 1.807) is 0 Å². The maximum atomic E-state index is 5.93.